The maximum atomic E-state index is 12.6. The van der Waals surface area contributed by atoms with Crippen molar-refractivity contribution in [3.05, 3.63) is 59.7 Å². The number of halogens is 4. The third-order valence-corrected chi connectivity index (χ3v) is 2.95. The van der Waals surface area contributed by atoms with Gasteiger partial charge in [0.1, 0.15) is 0 Å². The lowest BCUT2D eigenvalue weighted by molar-refractivity contribution is -0.137. The third-order valence-electron chi connectivity index (χ3n) is 2.66. The molecule has 0 radical (unpaired) electrons. The van der Waals surface area contributed by atoms with Crippen LogP contribution in [0.3, 0.4) is 0 Å². The van der Waals surface area contributed by atoms with Crippen LogP contribution < -0.4 is 0 Å². The Morgan fingerprint density at radius 1 is 0.944 bits per heavy atom. The van der Waals surface area contributed by atoms with Gasteiger partial charge in [-0.25, -0.2) is 0 Å². The summed E-state index contributed by atoms with van der Waals surface area (Å²) in [7, 11) is 0. The van der Waals surface area contributed by atoms with Crippen LogP contribution in [0.4, 0.5) is 13.2 Å². The van der Waals surface area contributed by atoms with E-state index in [0.29, 0.717) is 5.56 Å². The molecule has 0 fully saturated rings. The minimum absolute atomic E-state index is 0.0497. The lowest BCUT2D eigenvalue weighted by atomic mass is 9.98. The SMILES string of the molecule is FC(F)(F)c1ccc(-c2ccccc2)c(CCl)c1. The zero-order valence-corrected chi connectivity index (χ0v) is 10.1. The smallest absolute Gasteiger partial charge is 0.166 e. The molecule has 0 nitrogen and oxygen atoms in total. The lowest BCUT2D eigenvalue weighted by Gasteiger charge is -2.12. The normalized spacial score (nSPS) is 11.6. The molecule has 2 aromatic carbocycles. The number of hydrogen-bond donors (Lipinski definition) is 0. The first-order chi connectivity index (χ1) is 8.52. The summed E-state index contributed by atoms with van der Waals surface area (Å²) >= 11 is 5.74. The van der Waals surface area contributed by atoms with Crippen LogP contribution in [0.5, 0.6) is 0 Å². The molecule has 0 spiro atoms. The van der Waals surface area contributed by atoms with Gasteiger partial charge in [-0.05, 0) is 28.8 Å². The summed E-state index contributed by atoms with van der Waals surface area (Å²) < 4.78 is 37.8. The van der Waals surface area contributed by atoms with E-state index in [0.717, 1.165) is 23.3 Å². The highest BCUT2D eigenvalue weighted by molar-refractivity contribution is 6.17. The molecule has 0 N–H and O–H groups in total. The molecule has 0 saturated carbocycles. The Labute approximate surface area is 108 Å². The predicted molar refractivity (Wildman–Crippen MR) is 66.4 cm³/mol. The van der Waals surface area contributed by atoms with Gasteiger partial charge in [0.15, 0.2) is 0 Å². The van der Waals surface area contributed by atoms with Gasteiger partial charge in [-0.1, -0.05) is 36.4 Å². The fraction of sp³-hybridized carbons (Fsp3) is 0.143. The van der Waals surface area contributed by atoms with Crippen LogP contribution in [0.15, 0.2) is 48.5 Å². The molecule has 0 aliphatic rings. The second kappa shape index (κ2) is 5.02. The Hall–Kier alpha value is -1.48. The van der Waals surface area contributed by atoms with Gasteiger partial charge in [0.2, 0.25) is 0 Å². The molecule has 0 bridgehead atoms. The first-order valence-electron chi connectivity index (χ1n) is 5.34. The summed E-state index contributed by atoms with van der Waals surface area (Å²) in [4.78, 5) is 0. The van der Waals surface area contributed by atoms with Crippen LogP contribution in [-0.4, -0.2) is 0 Å². The van der Waals surface area contributed by atoms with Gasteiger partial charge < -0.3 is 0 Å². The van der Waals surface area contributed by atoms with E-state index in [2.05, 4.69) is 0 Å². The van der Waals surface area contributed by atoms with Gasteiger partial charge in [0.25, 0.3) is 0 Å². The fourth-order valence-electron chi connectivity index (χ4n) is 1.78. The molecular weight excluding hydrogens is 261 g/mol. The number of rotatable bonds is 2. The van der Waals surface area contributed by atoms with Crippen molar-refractivity contribution in [3.8, 4) is 11.1 Å². The highest BCUT2D eigenvalue weighted by Gasteiger charge is 2.30. The topological polar surface area (TPSA) is 0 Å². The first-order valence-corrected chi connectivity index (χ1v) is 5.87. The average molecular weight is 271 g/mol. The first kappa shape index (κ1) is 13.0. The molecule has 0 amide bonds. The van der Waals surface area contributed by atoms with Crippen LogP contribution in [-0.2, 0) is 12.1 Å². The maximum Gasteiger partial charge on any atom is 0.416 e. The van der Waals surface area contributed by atoms with Crippen LogP contribution >= 0.6 is 11.6 Å². The van der Waals surface area contributed by atoms with E-state index in [-0.39, 0.29) is 5.88 Å². The van der Waals surface area contributed by atoms with E-state index in [9.17, 15) is 13.2 Å². The van der Waals surface area contributed by atoms with E-state index in [4.69, 9.17) is 11.6 Å². The molecule has 0 saturated heterocycles. The molecule has 2 aromatic rings. The van der Waals surface area contributed by atoms with Gasteiger partial charge in [-0.2, -0.15) is 13.2 Å². The van der Waals surface area contributed by atoms with Crippen molar-refractivity contribution < 1.29 is 13.2 Å². The van der Waals surface area contributed by atoms with Gasteiger partial charge in [-0.15, -0.1) is 11.6 Å². The standard InChI is InChI=1S/C14H10ClF3/c15-9-11-8-12(14(16,17)18)6-7-13(11)10-4-2-1-3-5-10/h1-8H,9H2. The minimum Gasteiger partial charge on any atom is -0.166 e. The largest absolute Gasteiger partial charge is 0.416 e. The third kappa shape index (κ3) is 2.67. The molecule has 0 atom stereocenters. The lowest BCUT2D eigenvalue weighted by Crippen LogP contribution is -2.05. The summed E-state index contributed by atoms with van der Waals surface area (Å²) in [5.41, 5.74) is 1.41. The highest BCUT2D eigenvalue weighted by Crippen LogP contribution is 2.33. The van der Waals surface area contributed by atoms with Crippen LogP contribution in [0.2, 0.25) is 0 Å². The van der Waals surface area contributed by atoms with Crippen LogP contribution in [0.25, 0.3) is 11.1 Å². The van der Waals surface area contributed by atoms with Crippen LogP contribution in [0.1, 0.15) is 11.1 Å². The Bertz CT molecular complexity index is 532. The highest BCUT2D eigenvalue weighted by atomic mass is 35.5. The van der Waals surface area contributed by atoms with Gasteiger partial charge >= 0.3 is 6.18 Å². The quantitative estimate of drug-likeness (QED) is 0.665. The van der Waals surface area contributed by atoms with Crippen molar-refractivity contribution >= 4 is 11.6 Å². The van der Waals surface area contributed by atoms with E-state index < -0.39 is 11.7 Å². The summed E-state index contributed by atoms with van der Waals surface area (Å²) in [5.74, 6) is 0.0497. The Kier molecular flexibility index (Phi) is 3.62. The van der Waals surface area contributed by atoms with Crippen molar-refractivity contribution in [2.75, 3.05) is 0 Å². The zero-order valence-electron chi connectivity index (χ0n) is 9.34. The predicted octanol–water partition coefficient (Wildman–Crippen LogP) is 5.11. The zero-order chi connectivity index (χ0) is 13.2. The summed E-state index contributed by atoms with van der Waals surface area (Å²) in [5, 5.41) is 0. The van der Waals surface area contributed by atoms with E-state index >= 15 is 0 Å². The molecule has 0 heterocycles. The second-order valence-electron chi connectivity index (χ2n) is 3.87. The minimum atomic E-state index is -4.34. The van der Waals surface area contributed by atoms with Crippen molar-refractivity contribution in [1.29, 1.82) is 0 Å². The van der Waals surface area contributed by atoms with E-state index in [1.54, 1.807) is 0 Å². The molecule has 0 aromatic heterocycles. The van der Waals surface area contributed by atoms with Crippen LogP contribution in [0, 0.1) is 0 Å². The summed E-state index contributed by atoms with van der Waals surface area (Å²) in [6.45, 7) is 0. The summed E-state index contributed by atoms with van der Waals surface area (Å²) in [6.07, 6.45) is -4.34. The van der Waals surface area contributed by atoms with Gasteiger partial charge in [0.05, 0.1) is 5.56 Å². The maximum absolute atomic E-state index is 12.6. The Morgan fingerprint density at radius 2 is 1.61 bits per heavy atom. The number of alkyl halides is 4. The molecular formula is C14H10ClF3. The molecule has 18 heavy (non-hydrogen) atoms. The second-order valence-corrected chi connectivity index (χ2v) is 4.14. The molecule has 4 heteroatoms. The number of hydrogen-bond acceptors (Lipinski definition) is 0. The van der Waals surface area contributed by atoms with Gasteiger partial charge in [0, 0.05) is 5.88 Å². The summed E-state index contributed by atoms with van der Waals surface area (Å²) in [6, 6.07) is 12.9. The van der Waals surface area contributed by atoms with Crippen molar-refractivity contribution in [2.45, 2.75) is 12.1 Å². The molecule has 0 aliphatic heterocycles. The Balaban J connectivity index is 2.51. The van der Waals surface area contributed by atoms with Crippen molar-refractivity contribution in [1.82, 2.24) is 0 Å². The van der Waals surface area contributed by atoms with Crippen molar-refractivity contribution in [2.24, 2.45) is 0 Å². The average Bonchev–Trinajstić information content (AvgIpc) is 2.38. The van der Waals surface area contributed by atoms with Crippen molar-refractivity contribution in [3.63, 3.8) is 0 Å². The molecule has 0 unspecified atom stereocenters. The Morgan fingerprint density at radius 3 is 2.17 bits per heavy atom. The fourth-order valence-corrected chi connectivity index (χ4v) is 2.00. The van der Waals surface area contributed by atoms with Gasteiger partial charge in [-0.3, -0.25) is 0 Å². The molecule has 2 rings (SSSR count). The van der Waals surface area contributed by atoms with E-state index in [1.165, 1.54) is 6.07 Å². The molecule has 94 valence electrons. The monoisotopic (exact) mass is 270 g/mol. The molecule has 0 aliphatic carbocycles. The number of benzene rings is 2. The van der Waals surface area contributed by atoms with E-state index in [1.807, 2.05) is 30.3 Å².